The monoisotopic (exact) mass is 576 g/mol. The summed E-state index contributed by atoms with van der Waals surface area (Å²) in [7, 11) is 0. The number of hydrogen-bond acceptors (Lipinski definition) is 5. The number of benzene rings is 3. The van der Waals surface area contributed by atoms with E-state index in [1.54, 1.807) is 0 Å². The number of carbonyl (C=O) groups excluding carboxylic acids is 2. The van der Waals surface area contributed by atoms with E-state index in [0.717, 1.165) is 48.9 Å². The van der Waals surface area contributed by atoms with Gasteiger partial charge in [-0.15, -0.1) is 0 Å². The van der Waals surface area contributed by atoms with Crippen molar-refractivity contribution in [3.8, 4) is 0 Å². The molecule has 0 unspecified atom stereocenters. The maximum absolute atomic E-state index is 12.8. The first-order chi connectivity index (χ1) is 19.0. The van der Waals surface area contributed by atoms with Gasteiger partial charge in [0.2, 0.25) is 5.91 Å². The maximum atomic E-state index is 12.8. The Hall–Kier alpha value is -3.83. The van der Waals surface area contributed by atoms with Gasteiger partial charge in [-0.1, -0.05) is 41.9 Å². The molecule has 0 atom stereocenters. The summed E-state index contributed by atoms with van der Waals surface area (Å²) in [6.07, 6.45) is -3.58. The quantitative estimate of drug-likeness (QED) is 0.419. The highest BCUT2D eigenvalue weighted by Gasteiger charge is 2.50. The van der Waals surface area contributed by atoms with E-state index in [1.165, 1.54) is 0 Å². The Morgan fingerprint density at radius 1 is 1.00 bits per heavy atom. The number of likely N-dealkylation sites (tertiary alicyclic amines) is 1. The largest absolute Gasteiger partial charge is 0.490 e. The van der Waals surface area contributed by atoms with E-state index in [9.17, 15) is 22.8 Å². The molecule has 0 aliphatic carbocycles. The Labute approximate surface area is 233 Å². The van der Waals surface area contributed by atoms with Crippen molar-refractivity contribution in [1.82, 2.24) is 15.5 Å². The minimum absolute atomic E-state index is 0.0571. The number of fused-ring (bicyclic) bond motifs is 1. The van der Waals surface area contributed by atoms with E-state index in [0.29, 0.717) is 23.8 Å². The number of nitrogens with one attached hydrogen (secondary N) is 2. The summed E-state index contributed by atoms with van der Waals surface area (Å²) in [6.45, 7) is 3.47. The number of nitrogens with zero attached hydrogens (tertiary/aromatic N) is 2. The van der Waals surface area contributed by atoms with Gasteiger partial charge in [0, 0.05) is 42.5 Å². The molecule has 0 saturated carbocycles. The summed E-state index contributed by atoms with van der Waals surface area (Å²) in [5.74, 6) is -2.72. The number of amides is 2. The Morgan fingerprint density at radius 2 is 1.62 bits per heavy atom. The summed E-state index contributed by atoms with van der Waals surface area (Å²) >= 11 is 6.04. The van der Waals surface area contributed by atoms with E-state index in [4.69, 9.17) is 21.5 Å². The summed E-state index contributed by atoms with van der Waals surface area (Å²) in [4.78, 5) is 38.8. The fraction of sp³-hybridized carbons (Fsp3) is 0.321. The van der Waals surface area contributed by atoms with Gasteiger partial charge in [-0.25, -0.2) is 4.79 Å². The van der Waals surface area contributed by atoms with Crippen LogP contribution < -0.4 is 15.5 Å². The lowest BCUT2D eigenvalue weighted by Crippen LogP contribution is -2.57. The second-order valence-electron chi connectivity index (χ2n) is 9.56. The van der Waals surface area contributed by atoms with Crippen molar-refractivity contribution in [2.75, 3.05) is 37.7 Å². The van der Waals surface area contributed by atoms with E-state index in [-0.39, 0.29) is 11.8 Å². The van der Waals surface area contributed by atoms with E-state index < -0.39 is 17.7 Å². The highest BCUT2D eigenvalue weighted by molar-refractivity contribution is 6.30. The molecule has 0 aromatic heterocycles. The number of alkyl halides is 3. The molecular weight excluding hydrogens is 549 g/mol. The molecule has 1 spiro atoms. The van der Waals surface area contributed by atoms with Crippen LogP contribution in [0.3, 0.4) is 0 Å². The summed E-state index contributed by atoms with van der Waals surface area (Å²) < 4.78 is 31.7. The molecule has 3 aromatic rings. The number of hydrogen-bond donors (Lipinski definition) is 3. The van der Waals surface area contributed by atoms with Gasteiger partial charge in [0.1, 0.15) is 5.54 Å². The zero-order valence-corrected chi connectivity index (χ0v) is 22.1. The number of anilines is 1. The van der Waals surface area contributed by atoms with Gasteiger partial charge in [0.05, 0.1) is 6.67 Å². The van der Waals surface area contributed by atoms with Crippen LogP contribution in [-0.2, 0) is 9.59 Å². The van der Waals surface area contributed by atoms with Crippen LogP contribution in [0.15, 0.2) is 66.7 Å². The third-order valence-corrected chi connectivity index (χ3v) is 7.38. The molecule has 2 fully saturated rings. The Bertz CT molecular complexity index is 1380. The van der Waals surface area contributed by atoms with Crippen molar-refractivity contribution in [3.05, 3.63) is 77.3 Å². The van der Waals surface area contributed by atoms with Crippen LogP contribution in [0.5, 0.6) is 0 Å². The topological polar surface area (TPSA) is 102 Å². The van der Waals surface area contributed by atoms with Crippen molar-refractivity contribution in [1.29, 1.82) is 0 Å². The molecule has 12 heteroatoms. The summed E-state index contributed by atoms with van der Waals surface area (Å²) in [5.41, 5.74) is 1.17. The van der Waals surface area contributed by atoms with E-state index in [1.807, 2.05) is 66.7 Å². The van der Waals surface area contributed by atoms with E-state index in [2.05, 4.69) is 20.4 Å². The Morgan fingerprint density at radius 3 is 2.25 bits per heavy atom. The van der Waals surface area contributed by atoms with Gasteiger partial charge in [-0.2, -0.15) is 13.2 Å². The molecule has 3 aromatic carbocycles. The van der Waals surface area contributed by atoms with Crippen molar-refractivity contribution >= 4 is 45.8 Å². The fourth-order valence-corrected chi connectivity index (χ4v) is 5.08. The standard InChI is InChI=1S/C26H27ClN4O2.C2HF3O2/c27-22-7-9-23(10-8-22)31-18-29-25(33)26(31)11-14-30(15-12-26)16-13-28-24(32)21-6-5-19-3-1-2-4-20(19)17-21;3-2(4,5)1(6)7/h1-10,17H,11-16,18H2,(H,28,32)(H,29,33);(H,6,7). The average Bonchev–Trinajstić information content (AvgIpc) is 3.24. The number of halogens is 4. The zero-order chi connectivity index (χ0) is 28.9. The fourth-order valence-electron chi connectivity index (χ4n) is 4.95. The third kappa shape index (κ3) is 6.65. The molecule has 0 bridgehead atoms. The van der Waals surface area contributed by atoms with Crippen LogP contribution in [0.25, 0.3) is 10.8 Å². The molecule has 3 N–H and O–H groups in total. The lowest BCUT2D eigenvalue weighted by Gasteiger charge is -2.43. The van der Waals surface area contributed by atoms with Gasteiger partial charge in [-0.3, -0.25) is 9.59 Å². The van der Waals surface area contributed by atoms with Crippen LogP contribution in [0.1, 0.15) is 23.2 Å². The molecule has 212 valence electrons. The predicted octanol–water partition coefficient (Wildman–Crippen LogP) is 4.28. The number of piperidine rings is 1. The van der Waals surface area contributed by atoms with Gasteiger partial charge in [-0.05, 0) is 60.0 Å². The van der Waals surface area contributed by atoms with Crippen molar-refractivity contribution < 1.29 is 32.7 Å². The SMILES string of the molecule is O=C(NCCN1CCC2(CC1)C(=O)NCN2c1ccc(Cl)cc1)c1ccc2ccccc2c1.O=C(O)C(F)(F)F. The zero-order valence-electron chi connectivity index (χ0n) is 21.4. The van der Waals surface area contributed by atoms with Crippen LogP contribution in [0.2, 0.25) is 5.02 Å². The van der Waals surface area contributed by atoms with Crippen LogP contribution in [0.4, 0.5) is 18.9 Å². The normalized spacial score (nSPS) is 16.8. The molecule has 8 nitrogen and oxygen atoms in total. The predicted molar refractivity (Wildman–Crippen MR) is 145 cm³/mol. The molecule has 5 rings (SSSR count). The average molecular weight is 577 g/mol. The van der Waals surface area contributed by atoms with Gasteiger partial charge < -0.3 is 25.5 Å². The Kier molecular flexibility index (Phi) is 8.85. The molecule has 0 radical (unpaired) electrons. The molecule has 40 heavy (non-hydrogen) atoms. The first-order valence-electron chi connectivity index (χ1n) is 12.6. The van der Waals surface area contributed by atoms with Gasteiger partial charge >= 0.3 is 12.1 Å². The smallest absolute Gasteiger partial charge is 0.475 e. The van der Waals surface area contributed by atoms with Crippen molar-refractivity contribution in [3.63, 3.8) is 0 Å². The molecule has 2 amide bonds. The molecule has 2 heterocycles. The van der Waals surface area contributed by atoms with Crippen LogP contribution in [0, 0.1) is 0 Å². The maximum Gasteiger partial charge on any atom is 0.490 e. The molecule has 2 aliphatic rings. The number of aliphatic carboxylic acids is 1. The summed E-state index contributed by atoms with van der Waals surface area (Å²) in [6, 6.07) is 21.5. The van der Waals surface area contributed by atoms with Gasteiger partial charge in [0.25, 0.3) is 5.91 Å². The van der Waals surface area contributed by atoms with Crippen molar-refractivity contribution in [2.45, 2.75) is 24.6 Å². The Balaban J connectivity index is 0.000000470. The van der Waals surface area contributed by atoms with Crippen LogP contribution >= 0.6 is 11.6 Å². The second-order valence-corrected chi connectivity index (χ2v) is 10.00. The number of rotatable bonds is 5. The minimum Gasteiger partial charge on any atom is -0.475 e. The lowest BCUT2D eigenvalue weighted by atomic mass is 9.85. The highest BCUT2D eigenvalue weighted by Crippen LogP contribution is 2.36. The highest BCUT2D eigenvalue weighted by atomic mass is 35.5. The molecular formula is C28H28ClF3N4O4. The van der Waals surface area contributed by atoms with Crippen molar-refractivity contribution in [2.24, 2.45) is 0 Å². The number of carbonyl (C=O) groups is 3. The van der Waals surface area contributed by atoms with E-state index >= 15 is 0 Å². The summed E-state index contributed by atoms with van der Waals surface area (Å²) in [5, 5.41) is 16.1. The van der Waals surface area contributed by atoms with Gasteiger partial charge in [0.15, 0.2) is 0 Å². The minimum atomic E-state index is -5.08. The first kappa shape index (κ1) is 29.2. The second kappa shape index (κ2) is 12.1. The molecule has 2 aliphatic heterocycles. The lowest BCUT2D eigenvalue weighted by molar-refractivity contribution is -0.192. The third-order valence-electron chi connectivity index (χ3n) is 7.13. The molecule has 2 saturated heterocycles. The number of carboxylic acid groups (broad SMARTS) is 1. The van der Waals surface area contributed by atoms with Crippen LogP contribution in [-0.4, -0.2) is 72.4 Å². The first-order valence-corrected chi connectivity index (χ1v) is 13.0. The number of carboxylic acids is 1.